The molecule has 0 aliphatic carbocycles. The van der Waals surface area contributed by atoms with Gasteiger partial charge in [-0.05, 0) is 23.8 Å². The first-order valence-electron chi connectivity index (χ1n) is 6.02. The molecule has 0 spiro atoms. The van der Waals surface area contributed by atoms with Crippen molar-refractivity contribution in [1.29, 1.82) is 0 Å². The van der Waals surface area contributed by atoms with Crippen molar-refractivity contribution in [2.75, 3.05) is 0 Å². The Morgan fingerprint density at radius 2 is 1.81 bits per heavy atom. The lowest BCUT2D eigenvalue weighted by Gasteiger charge is -2.15. The monoisotopic (exact) mass is 367 g/mol. The maximum Gasteiger partial charge on any atom is 0.330 e. The highest BCUT2D eigenvalue weighted by molar-refractivity contribution is 9.10. The zero-order chi connectivity index (χ0) is 15.4. The second-order valence-electron chi connectivity index (χ2n) is 4.31. The summed E-state index contributed by atoms with van der Waals surface area (Å²) < 4.78 is 0.645. The highest BCUT2D eigenvalue weighted by atomic mass is 79.9. The number of carboxylic acids is 1. The average Bonchev–Trinajstić information content (AvgIpc) is 2.44. The lowest BCUT2D eigenvalue weighted by Crippen LogP contribution is -2.33. The van der Waals surface area contributed by atoms with Crippen LogP contribution in [0.15, 0.2) is 53.0 Å². The van der Waals surface area contributed by atoms with Gasteiger partial charge >= 0.3 is 5.97 Å². The highest BCUT2D eigenvalue weighted by Crippen LogP contribution is 2.20. The maximum absolute atomic E-state index is 12.2. The van der Waals surface area contributed by atoms with Crippen LogP contribution in [0.25, 0.3) is 0 Å². The fourth-order valence-electron chi connectivity index (χ4n) is 1.83. The van der Waals surface area contributed by atoms with Crippen molar-refractivity contribution in [3.05, 3.63) is 69.2 Å². The summed E-state index contributed by atoms with van der Waals surface area (Å²) in [5.41, 5.74) is 0.788. The zero-order valence-electron chi connectivity index (χ0n) is 10.7. The number of hydrogen-bond donors (Lipinski definition) is 2. The largest absolute Gasteiger partial charge is 0.479 e. The number of aliphatic carboxylic acids is 1. The summed E-state index contributed by atoms with van der Waals surface area (Å²) in [4.78, 5) is 23.5. The Morgan fingerprint density at radius 1 is 1.14 bits per heavy atom. The Morgan fingerprint density at radius 3 is 2.38 bits per heavy atom. The molecule has 0 aliphatic heterocycles. The molecule has 0 radical (unpaired) electrons. The van der Waals surface area contributed by atoms with Gasteiger partial charge in [0.15, 0.2) is 6.04 Å². The fraction of sp³-hybridized carbons (Fsp3) is 0.0667. The third-order valence-electron chi connectivity index (χ3n) is 2.78. The molecular weight excluding hydrogens is 358 g/mol. The van der Waals surface area contributed by atoms with Crippen molar-refractivity contribution in [1.82, 2.24) is 5.32 Å². The molecule has 1 atom stereocenters. The van der Waals surface area contributed by atoms with Gasteiger partial charge in [-0.15, -0.1) is 0 Å². The SMILES string of the molecule is O=C(N[C@@H](C(=O)O)c1ccccc1)c1cc(Cl)cc(Br)c1. The first-order valence-corrected chi connectivity index (χ1v) is 7.19. The zero-order valence-corrected chi connectivity index (χ0v) is 13.1. The molecule has 2 N–H and O–H groups in total. The fourth-order valence-corrected chi connectivity index (χ4v) is 2.69. The Balaban J connectivity index is 2.25. The van der Waals surface area contributed by atoms with Crippen LogP contribution < -0.4 is 5.32 Å². The van der Waals surface area contributed by atoms with Crippen LogP contribution in [0, 0.1) is 0 Å². The normalized spacial score (nSPS) is 11.7. The number of carboxylic acid groups (broad SMARTS) is 1. The van der Waals surface area contributed by atoms with Crippen molar-refractivity contribution in [2.45, 2.75) is 6.04 Å². The summed E-state index contributed by atoms with van der Waals surface area (Å²) in [6.07, 6.45) is 0. The molecule has 0 bridgehead atoms. The standard InChI is InChI=1S/C15H11BrClNO3/c16-11-6-10(7-12(17)8-11)14(19)18-13(15(20)21)9-4-2-1-3-5-9/h1-8,13H,(H,18,19)(H,20,21)/t13-/m1/s1. The average molecular weight is 369 g/mol. The lowest BCUT2D eigenvalue weighted by molar-refractivity contribution is -0.139. The molecule has 0 saturated carbocycles. The van der Waals surface area contributed by atoms with Gasteiger partial charge in [-0.1, -0.05) is 57.9 Å². The molecule has 0 aromatic heterocycles. The second kappa shape index (κ2) is 6.74. The van der Waals surface area contributed by atoms with E-state index >= 15 is 0 Å². The Labute approximate surface area is 134 Å². The van der Waals surface area contributed by atoms with Crippen molar-refractivity contribution in [3.63, 3.8) is 0 Å². The van der Waals surface area contributed by atoms with Crippen molar-refractivity contribution in [3.8, 4) is 0 Å². The Kier molecular flexibility index (Phi) is 4.98. The Bertz CT molecular complexity index is 656. The van der Waals surface area contributed by atoms with Gasteiger partial charge in [0, 0.05) is 15.1 Å². The molecule has 0 heterocycles. The number of carbonyl (C=O) groups is 2. The summed E-state index contributed by atoms with van der Waals surface area (Å²) in [6.45, 7) is 0. The molecule has 4 nitrogen and oxygen atoms in total. The van der Waals surface area contributed by atoms with Gasteiger partial charge in [0.2, 0.25) is 0 Å². The smallest absolute Gasteiger partial charge is 0.330 e. The van der Waals surface area contributed by atoms with E-state index in [-0.39, 0.29) is 5.56 Å². The minimum atomic E-state index is -1.13. The van der Waals surface area contributed by atoms with Crippen molar-refractivity contribution < 1.29 is 14.7 Å². The number of benzene rings is 2. The van der Waals surface area contributed by atoms with E-state index in [1.165, 1.54) is 6.07 Å². The molecule has 0 fully saturated rings. The van der Waals surface area contributed by atoms with E-state index < -0.39 is 17.9 Å². The van der Waals surface area contributed by atoms with Crippen LogP contribution in [0.5, 0.6) is 0 Å². The summed E-state index contributed by atoms with van der Waals surface area (Å²) in [7, 11) is 0. The van der Waals surface area contributed by atoms with Crippen LogP contribution in [0.2, 0.25) is 5.02 Å². The Hall–Kier alpha value is -1.85. The minimum absolute atomic E-state index is 0.288. The molecule has 2 rings (SSSR count). The summed E-state index contributed by atoms with van der Waals surface area (Å²) >= 11 is 9.12. The minimum Gasteiger partial charge on any atom is -0.479 e. The van der Waals surface area contributed by atoms with E-state index in [2.05, 4.69) is 21.2 Å². The van der Waals surface area contributed by atoms with Gasteiger partial charge in [0.25, 0.3) is 5.91 Å². The number of amides is 1. The molecular formula is C15H11BrClNO3. The molecule has 21 heavy (non-hydrogen) atoms. The molecule has 6 heteroatoms. The predicted octanol–water partition coefficient (Wildman–Crippen LogP) is 3.66. The third-order valence-corrected chi connectivity index (χ3v) is 3.46. The summed E-state index contributed by atoms with van der Waals surface area (Å²) in [5, 5.41) is 12.2. The predicted molar refractivity (Wildman–Crippen MR) is 83.4 cm³/mol. The molecule has 1 amide bonds. The van der Waals surface area contributed by atoms with Crippen LogP contribution in [0.4, 0.5) is 0 Å². The molecule has 2 aromatic carbocycles. The van der Waals surface area contributed by atoms with E-state index in [1.54, 1.807) is 42.5 Å². The van der Waals surface area contributed by atoms with Gasteiger partial charge in [-0.2, -0.15) is 0 Å². The molecule has 108 valence electrons. The van der Waals surface area contributed by atoms with E-state index in [4.69, 9.17) is 11.6 Å². The van der Waals surface area contributed by atoms with Crippen molar-refractivity contribution in [2.24, 2.45) is 0 Å². The first kappa shape index (κ1) is 15.5. The second-order valence-corrected chi connectivity index (χ2v) is 5.67. The number of carbonyl (C=O) groups excluding carboxylic acids is 1. The third kappa shape index (κ3) is 4.06. The van der Waals surface area contributed by atoms with Crippen molar-refractivity contribution >= 4 is 39.4 Å². The van der Waals surface area contributed by atoms with Crippen LogP contribution in [-0.4, -0.2) is 17.0 Å². The number of halogens is 2. The highest BCUT2D eigenvalue weighted by Gasteiger charge is 2.22. The van der Waals surface area contributed by atoms with Gasteiger partial charge in [-0.25, -0.2) is 4.79 Å². The van der Waals surface area contributed by atoms with Gasteiger partial charge in [0.05, 0.1) is 0 Å². The lowest BCUT2D eigenvalue weighted by atomic mass is 10.1. The molecule has 0 aliphatic rings. The van der Waals surface area contributed by atoms with E-state index in [9.17, 15) is 14.7 Å². The molecule has 2 aromatic rings. The number of nitrogens with one attached hydrogen (secondary N) is 1. The summed E-state index contributed by atoms with van der Waals surface area (Å²) in [5.74, 6) is -1.63. The van der Waals surface area contributed by atoms with E-state index in [0.717, 1.165) is 0 Å². The van der Waals surface area contributed by atoms with Crippen LogP contribution in [0.3, 0.4) is 0 Å². The van der Waals surface area contributed by atoms with Gasteiger partial charge in [0.1, 0.15) is 0 Å². The summed E-state index contributed by atoms with van der Waals surface area (Å²) in [6, 6.07) is 12.1. The number of hydrogen-bond acceptors (Lipinski definition) is 2. The molecule has 0 saturated heterocycles. The topological polar surface area (TPSA) is 66.4 Å². The number of rotatable bonds is 4. The van der Waals surface area contributed by atoms with Gasteiger partial charge in [-0.3, -0.25) is 4.79 Å². The first-order chi connectivity index (χ1) is 9.97. The quantitative estimate of drug-likeness (QED) is 0.865. The van der Waals surface area contributed by atoms with Crippen LogP contribution in [-0.2, 0) is 4.79 Å². The molecule has 0 unspecified atom stereocenters. The van der Waals surface area contributed by atoms with E-state index in [1.807, 2.05) is 0 Å². The van der Waals surface area contributed by atoms with E-state index in [0.29, 0.717) is 15.1 Å². The van der Waals surface area contributed by atoms with Crippen LogP contribution in [0.1, 0.15) is 22.0 Å². The van der Waals surface area contributed by atoms with Crippen LogP contribution >= 0.6 is 27.5 Å². The maximum atomic E-state index is 12.2. The van der Waals surface area contributed by atoms with Gasteiger partial charge < -0.3 is 10.4 Å².